The molecule has 11 aromatic rings. The van der Waals surface area contributed by atoms with Gasteiger partial charge >= 0.3 is 0 Å². The van der Waals surface area contributed by atoms with Crippen molar-refractivity contribution in [2.24, 2.45) is 0 Å². The van der Waals surface area contributed by atoms with Gasteiger partial charge in [0.1, 0.15) is 52.2 Å². The Bertz CT molecular complexity index is 4570. The van der Waals surface area contributed by atoms with Gasteiger partial charge in [-0.3, -0.25) is 28.8 Å². The Kier molecular flexibility index (Phi) is 23.7. The molecule has 3 amide bonds. The Balaban J connectivity index is 0.000000168. The molecule has 0 aliphatic carbocycles. The number of carbonyl (C=O) groups excluding carboxylic acids is 3. The summed E-state index contributed by atoms with van der Waals surface area (Å²) < 4.78 is 23.0. The van der Waals surface area contributed by atoms with E-state index in [4.69, 9.17) is 29.3 Å². The normalized spacial score (nSPS) is 10.4. The van der Waals surface area contributed by atoms with Crippen molar-refractivity contribution in [2.45, 2.75) is 60.2 Å². The summed E-state index contributed by atoms with van der Waals surface area (Å²) >= 11 is 12.4. The number of aryl methyl sites for hydroxylation is 3. The molecule has 0 unspecified atom stereocenters. The average molecular weight is 1370 g/mol. The van der Waals surface area contributed by atoms with Gasteiger partial charge in [0.2, 0.25) is 16.3 Å². The maximum atomic E-state index is 12.7. The third-order valence-electron chi connectivity index (χ3n) is 13.0. The molecule has 1 radical (unpaired) electrons. The van der Waals surface area contributed by atoms with Crippen molar-refractivity contribution in [3.05, 3.63) is 287 Å². The molecule has 18 heteroatoms. The van der Waals surface area contributed by atoms with E-state index in [9.17, 15) is 33.6 Å². The van der Waals surface area contributed by atoms with Gasteiger partial charge in [-0.25, -0.2) is 0 Å². The summed E-state index contributed by atoms with van der Waals surface area (Å²) in [6, 6.07) is 46.3. The predicted molar refractivity (Wildman–Crippen MR) is 338 cm³/mol. The number of amides is 3. The van der Waals surface area contributed by atoms with Crippen molar-refractivity contribution in [3.8, 4) is 11.8 Å². The van der Waals surface area contributed by atoms with E-state index in [1.54, 1.807) is 85.8 Å². The monoisotopic (exact) mass is 1370 g/mol. The molecule has 0 saturated heterocycles. The molecule has 0 bridgehead atoms. The van der Waals surface area contributed by atoms with Gasteiger partial charge in [-0.05, 0) is 122 Å². The van der Waals surface area contributed by atoms with Crippen LogP contribution < -0.4 is 37.7 Å². The van der Waals surface area contributed by atoms with E-state index >= 15 is 0 Å². The summed E-state index contributed by atoms with van der Waals surface area (Å²) in [7, 11) is 0. The van der Waals surface area contributed by atoms with Gasteiger partial charge in [0.05, 0.1) is 21.7 Å². The fraction of sp³-hybridized carbons (Fsp3) is 0.132. The topological polar surface area (TPSA) is 208 Å². The number of nitrogens with one attached hydrogen (secondary N) is 3. The third-order valence-corrected chi connectivity index (χ3v) is 14.2. The van der Waals surface area contributed by atoms with Crippen LogP contribution in [0.25, 0.3) is 43.9 Å². The summed E-state index contributed by atoms with van der Waals surface area (Å²) in [4.78, 5) is 85.9. The van der Waals surface area contributed by atoms with Crippen molar-refractivity contribution < 1.29 is 64.8 Å². The van der Waals surface area contributed by atoms with Crippen molar-refractivity contribution in [1.82, 2.24) is 16.0 Å². The smallest absolute Gasteiger partial charge is 0.258 e. The van der Waals surface area contributed by atoms with Crippen LogP contribution in [0.1, 0.15) is 90.3 Å². The van der Waals surface area contributed by atoms with Crippen LogP contribution in [0.3, 0.4) is 0 Å². The van der Waals surface area contributed by atoms with Crippen LogP contribution in [0.2, 0.25) is 5.02 Å². The standard InChI is InChI=1S/C21H21NO3.C20H14ClNO3.C18H14BrNO3.C9H4BrO2.Y/c1-3-4-15-9-10-19-17(11-15)20(23)18(13-25-19)21(24)22-12-16-7-5-14(2)6-8-16;1-2-3-13-6-9-18-16(10-13)19(23)17(12-25-18)20(24)22-11-14-4-7-15(21)8-5-14;1-11-2-4-12(5-3-11)9-20-18(22)15-10-23-16-7-6-13(19)8-14(16)17(15)21;10-6-1-2-9-7(5-6)8(11)3-4-12-9;/h5-11,13H,3-4,12H2,1-2H3,(H,22,24);4-10,12H,11H2,1H3,(H,22,24);2-8,10H,9H2,1H3,(H,20,22);1-2,4-5H;/q;;;-1;. The molecular weight excluding hydrogens is 1320 g/mol. The van der Waals surface area contributed by atoms with Crippen LogP contribution in [-0.4, -0.2) is 17.7 Å². The molecule has 11 rings (SSSR count). The van der Waals surface area contributed by atoms with Crippen LogP contribution in [0.15, 0.2) is 216 Å². The SMILES string of the molecule is CC#Cc1ccc2occ(C(=O)NCc3ccc(Cl)cc3)c(=O)c2c1.CCCc1ccc2occ(C(=O)NCc3ccc(C)cc3)c(=O)c2c1.Cc1ccc(CNC(=O)c2coc3ccc(Br)cc3c2=O)cc1.O=c1[c-]coc2ccc(Br)cc12.[Y]. The summed E-state index contributed by atoms with van der Waals surface area (Å²) in [5, 5.41) is 10.6. The molecule has 0 atom stereocenters. The van der Waals surface area contributed by atoms with Crippen molar-refractivity contribution in [3.63, 3.8) is 0 Å². The minimum atomic E-state index is -0.488. The zero-order valence-corrected chi connectivity index (χ0v) is 53.7. The molecule has 0 saturated carbocycles. The summed E-state index contributed by atoms with van der Waals surface area (Å²) in [5.41, 5.74) is 7.71. The number of benzene rings is 7. The fourth-order valence-corrected chi connectivity index (χ4v) is 9.25. The molecule has 4 heterocycles. The summed E-state index contributed by atoms with van der Waals surface area (Å²) in [6.07, 6.45) is 6.80. The average Bonchev–Trinajstić information content (AvgIpc) is 2.48. The molecule has 0 aliphatic heterocycles. The molecule has 14 nitrogen and oxygen atoms in total. The van der Waals surface area contributed by atoms with E-state index in [-0.39, 0.29) is 77.7 Å². The zero-order valence-electron chi connectivity index (χ0n) is 46.9. The molecule has 431 valence electrons. The quantitative estimate of drug-likeness (QED) is 0.0820. The second-order valence-electron chi connectivity index (χ2n) is 19.2. The Morgan fingerprint density at radius 3 is 1.34 bits per heavy atom. The molecule has 0 fully saturated rings. The summed E-state index contributed by atoms with van der Waals surface area (Å²) in [6.45, 7) is 8.82. The van der Waals surface area contributed by atoms with Crippen molar-refractivity contribution >= 4 is 105 Å². The van der Waals surface area contributed by atoms with Gasteiger partial charge in [-0.1, -0.05) is 146 Å². The molecular formula is C68H53Br2ClN3O11Y-. The molecule has 4 aromatic heterocycles. The van der Waals surface area contributed by atoms with Crippen LogP contribution in [-0.2, 0) is 58.8 Å². The summed E-state index contributed by atoms with van der Waals surface area (Å²) in [5.74, 6) is 4.31. The van der Waals surface area contributed by atoms with Crippen molar-refractivity contribution in [1.29, 1.82) is 0 Å². The first-order valence-corrected chi connectivity index (χ1v) is 28.5. The van der Waals surface area contributed by atoms with Gasteiger partial charge in [0.15, 0.2) is 0 Å². The maximum Gasteiger partial charge on any atom is 0.258 e. The Labute approximate surface area is 540 Å². The van der Waals surface area contributed by atoms with Gasteiger partial charge in [0.25, 0.3) is 17.7 Å². The van der Waals surface area contributed by atoms with Crippen molar-refractivity contribution in [2.75, 3.05) is 0 Å². The second kappa shape index (κ2) is 31.2. The van der Waals surface area contributed by atoms with Crippen LogP contribution in [0, 0.1) is 31.8 Å². The van der Waals surface area contributed by atoms with E-state index in [1.165, 1.54) is 25.1 Å². The van der Waals surface area contributed by atoms with Gasteiger partial charge in [-0.15, -0.1) is 12.0 Å². The number of hydrogen-bond acceptors (Lipinski definition) is 11. The molecule has 0 aliphatic rings. The number of carbonyl (C=O) groups is 3. The van der Waals surface area contributed by atoms with Gasteiger partial charge in [-0.2, -0.15) is 6.07 Å². The maximum absolute atomic E-state index is 12.7. The largest absolute Gasteiger partial charge is 0.503 e. The van der Waals surface area contributed by atoms with E-state index in [0.29, 0.717) is 67.6 Å². The van der Waals surface area contributed by atoms with Gasteiger partial charge < -0.3 is 38.4 Å². The number of halogens is 3. The third kappa shape index (κ3) is 17.4. The first-order valence-electron chi connectivity index (χ1n) is 26.5. The zero-order chi connectivity index (χ0) is 60.6. The Hall–Kier alpha value is -8.30. The van der Waals surface area contributed by atoms with E-state index in [1.807, 2.05) is 80.6 Å². The number of fused-ring (bicyclic) bond motifs is 4. The second-order valence-corrected chi connectivity index (χ2v) is 21.5. The van der Waals surface area contributed by atoms with Gasteiger partial charge in [0, 0.05) is 83.6 Å². The Morgan fingerprint density at radius 1 is 0.500 bits per heavy atom. The van der Waals surface area contributed by atoms with E-state index < -0.39 is 17.7 Å². The van der Waals surface area contributed by atoms with Crippen LogP contribution >= 0.6 is 43.5 Å². The minimum Gasteiger partial charge on any atom is -0.503 e. The molecule has 86 heavy (non-hydrogen) atoms. The fourth-order valence-electron chi connectivity index (χ4n) is 8.40. The van der Waals surface area contributed by atoms with Crippen LogP contribution in [0.5, 0.6) is 0 Å². The van der Waals surface area contributed by atoms with Crippen LogP contribution in [0.4, 0.5) is 0 Å². The number of rotatable bonds is 11. The first-order chi connectivity index (χ1) is 41.0. The first kappa shape index (κ1) is 65.3. The predicted octanol–water partition coefficient (Wildman–Crippen LogP) is 13.9. The Morgan fingerprint density at radius 2 is 0.884 bits per heavy atom. The molecule has 7 aromatic carbocycles. The molecule has 0 spiro atoms. The minimum absolute atomic E-state index is 0. The number of hydrogen-bond donors (Lipinski definition) is 3. The molecule has 3 N–H and O–H groups in total. The van der Waals surface area contributed by atoms with E-state index in [0.717, 1.165) is 55.2 Å². The van der Waals surface area contributed by atoms with E-state index in [2.05, 4.69) is 72.6 Å².